The Hall–Kier alpha value is -1.39. The summed E-state index contributed by atoms with van der Waals surface area (Å²) in [6, 6.07) is 10.4. The van der Waals surface area contributed by atoms with Crippen LogP contribution in [0.1, 0.15) is 24.8 Å². The molecular weight excluding hydrogens is 266 g/mol. The van der Waals surface area contributed by atoms with Crippen molar-refractivity contribution in [3.63, 3.8) is 0 Å². The fourth-order valence-corrected chi connectivity index (χ4v) is 3.04. The zero-order valence-electron chi connectivity index (χ0n) is 12.4. The molecule has 0 aromatic heterocycles. The van der Waals surface area contributed by atoms with Gasteiger partial charge in [-0.15, -0.1) is 0 Å². The standard InChI is InChI=1S/C17H23NO3/c19-17(16-7-4-11-21-16)18-10-12-20-15(13-18)9-8-14-5-2-1-3-6-14/h1-3,5-6,15-16H,4,7-13H2/t15-,16-/m1/s1. The first kappa shape index (κ1) is 14.5. The van der Waals surface area contributed by atoms with Gasteiger partial charge in [-0.1, -0.05) is 30.3 Å². The van der Waals surface area contributed by atoms with Gasteiger partial charge in [0.05, 0.1) is 12.7 Å². The number of amides is 1. The van der Waals surface area contributed by atoms with E-state index >= 15 is 0 Å². The Bertz CT molecular complexity index is 456. The van der Waals surface area contributed by atoms with Crippen molar-refractivity contribution in [2.45, 2.75) is 37.9 Å². The second-order valence-electron chi connectivity index (χ2n) is 5.80. The van der Waals surface area contributed by atoms with Crippen LogP contribution in [0.4, 0.5) is 0 Å². The molecule has 3 rings (SSSR count). The highest BCUT2D eigenvalue weighted by Gasteiger charge is 2.31. The first-order valence-corrected chi connectivity index (χ1v) is 7.89. The zero-order chi connectivity index (χ0) is 14.5. The maximum atomic E-state index is 12.4. The van der Waals surface area contributed by atoms with Crippen LogP contribution in [-0.4, -0.2) is 49.3 Å². The molecule has 2 heterocycles. The van der Waals surface area contributed by atoms with Crippen molar-refractivity contribution in [3.05, 3.63) is 35.9 Å². The lowest BCUT2D eigenvalue weighted by Gasteiger charge is -2.34. The Kier molecular flexibility index (Phi) is 4.88. The maximum absolute atomic E-state index is 12.4. The molecular formula is C17H23NO3. The molecule has 114 valence electrons. The van der Waals surface area contributed by atoms with Crippen molar-refractivity contribution in [3.8, 4) is 0 Å². The van der Waals surface area contributed by atoms with Gasteiger partial charge in [-0.2, -0.15) is 0 Å². The largest absolute Gasteiger partial charge is 0.375 e. The first-order valence-electron chi connectivity index (χ1n) is 7.89. The second kappa shape index (κ2) is 7.05. The van der Waals surface area contributed by atoms with Crippen LogP contribution in [0.3, 0.4) is 0 Å². The van der Waals surface area contributed by atoms with Gasteiger partial charge in [0.2, 0.25) is 0 Å². The number of carbonyl (C=O) groups is 1. The summed E-state index contributed by atoms with van der Waals surface area (Å²) in [7, 11) is 0. The summed E-state index contributed by atoms with van der Waals surface area (Å²) in [6.07, 6.45) is 3.75. The van der Waals surface area contributed by atoms with Crippen molar-refractivity contribution in [2.24, 2.45) is 0 Å². The van der Waals surface area contributed by atoms with E-state index in [0.29, 0.717) is 19.7 Å². The normalized spacial score (nSPS) is 26.0. The molecule has 0 unspecified atom stereocenters. The molecule has 2 atom stereocenters. The summed E-state index contributed by atoms with van der Waals surface area (Å²) in [5.41, 5.74) is 1.32. The summed E-state index contributed by atoms with van der Waals surface area (Å²) in [6.45, 7) is 2.75. The molecule has 0 aliphatic carbocycles. The molecule has 2 aliphatic rings. The van der Waals surface area contributed by atoms with Crippen molar-refractivity contribution in [1.82, 2.24) is 4.90 Å². The van der Waals surface area contributed by atoms with E-state index in [9.17, 15) is 4.79 Å². The topological polar surface area (TPSA) is 38.8 Å². The average Bonchev–Trinajstić information content (AvgIpc) is 3.08. The lowest BCUT2D eigenvalue weighted by molar-refractivity contribution is -0.148. The molecule has 0 saturated carbocycles. The third-order valence-electron chi connectivity index (χ3n) is 4.25. The van der Waals surface area contributed by atoms with Gasteiger partial charge in [0.25, 0.3) is 5.91 Å². The van der Waals surface area contributed by atoms with E-state index in [1.807, 2.05) is 11.0 Å². The van der Waals surface area contributed by atoms with Crippen LogP contribution in [-0.2, 0) is 20.7 Å². The van der Waals surface area contributed by atoms with Crippen LogP contribution in [0.2, 0.25) is 0 Å². The van der Waals surface area contributed by atoms with Crippen LogP contribution in [0.25, 0.3) is 0 Å². The Balaban J connectivity index is 1.49. The van der Waals surface area contributed by atoms with Gasteiger partial charge in [0.15, 0.2) is 0 Å². The van der Waals surface area contributed by atoms with Crippen LogP contribution in [0.5, 0.6) is 0 Å². The van der Waals surface area contributed by atoms with E-state index in [0.717, 1.165) is 32.3 Å². The second-order valence-corrected chi connectivity index (χ2v) is 5.80. The number of hydrogen-bond acceptors (Lipinski definition) is 3. The molecule has 0 N–H and O–H groups in total. The number of morpholine rings is 1. The first-order chi connectivity index (χ1) is 10.3. The van der Waals surface area contributed by atoms with Crippen LogP contribution in [0.15, 0.2) is 30.3 Å². The minimum atomic E-state index is -0.210. The van der Waals surface area contributed by atoms with Gasteiger partial charge >= 0.3 is 0 Å². The molecule has 0 radical (unpaired) electrons. The van der Waals surface area contributed by atoms with E-state index in [1.54, 1.807) is 0 Å². The predicted octanol–water partition coefficient (Wildman–Crippen LogP) is 2.03. The Labute approximate surface area is 126 Å². The third-order valence-corrected chi connectivity index (χ3v) is 4.25. The number of rotatable bonds is 4. The fourth-order valence-electron chi connectivity index (χ4n) is 3.04. The van der Waals surface area contributed by atoms with E-state index in [4.69, 9.17) is 9.47 Å². The van der Waals surface area contributed by atoms with E-state index in [1.165, 1.54) is 5.56 Å². The number of nitrogens with zero attached hydrogens (tertiary/aromatic N) is 1. The quantitative estimate of drug-likeness (QED) is 0.851. The number of benzene rings is 1. The number of aryl methyl sites for hydroxylation is 1. The highest BCUT2D eigenvalue weighted by Crippen LogP contribution is 2.18. The minimum absolute atomic E-state index is 0.143. The summed E-state index contributed by atoms with van der Waals surface area (Å²) < 4.78 is 11.3. The molecule has 4 heteroatoms. The van der Waals surface area contributed by atoms with Crippen LogP contribution in [0, 0.1) is 0 Å². The summed E-state index contributed by atoms with van der Waals surface area (Å²) in [4.78, 5) is 14.3. The molecule has 2 fully saturated rings. The SMILES string of the molecule is O=C([C@H]1CCCO1)N1CCO[C@H](CCc2ccccc2)C1. The summed E-state index contributed by atoms with van der Waals surface area (Å²) in [5, 5.41) is 0. The van der Waals surface area contributed by atoms with Gasteiger partial charge in [-0.25, -0.2) is 0 Å². The summed E-state index contributed by atoms with van der Waals surface area (Å²) in [5.74, 6) is 0.153. The lowest BCUT2D eigenvalue weighted by Crippen LogP contribution is -2.49. The van der Waals surface area contributed by atoms with Crippen molar-refractivity contribution >= 4 is 5.91 Å². The van der Waals surface area contributed by atoms with Crippen LogP contribution < -0.4 is 0 Å². The van der Waals surface area contributed by atoms with Crippen molar-refractivity contribution in [2.75, 3.05) is 26.3 Å². The number of carbonyl (C=O) groups excluding carboxylic acids is 1. The molecule has 1 aromatic carbocycles. The maximum Gasteiger partial charge on any atom is 0.251 e. The lowest BCUT2D eigenvalue weighted by atomic mass is 10.1. The van der Waals surface area contributed by atoms with Crippen molar-refractivity contribution < 1.29 is 14.3 Å². The number of hydrogen-bond donors (Lipinski definition) is 0. The van der Waals surface area contributed by atoms with Crippen molar-refractivity contribution in [1.29, 1.82) is 0 Å². The van der Waals surface area contributed by atoms with Gasteiger partial charge in [-0.05, 0) is 31.2 Å². The van der Waals surface area contributed by atoms with Crippen LogP contribution >= 0.6 is 0 Å². The van der Waals surface area contributed by atoms with Gasteiger partial charge in [0, 0.05) is 19.7 Å². The molecule has 2 saturated heterocycles. The molecule has 0 spiro atoms. The van der Waals surface area contributed by atoms with Gasteiger partial charge < -0.3 is 14.4 Å². The molecule has 0 bridgehead atoms. The average molecular weight is 289 g/mol. The minimum Gasteiger partial charge on any atom is -0.375 e. The smallest absolute Gasteiger partial charge is 0.251 e. The highest BCUT2D eigenvalue weighted by molar-refractivity contribution is 5.81. The Morgan fingerprint density at radius 2 is 2.05 bits per heavy atom. The third kappa shape index (κ3) is 3.83. The zero-order valence-corrected chi connectivity index (χ0v) is 12.4. The molecule has 1 aromatic rings. The highest BCUT2D eigenvalue weighted by atomic mass is 16.5. The number of ether oxygens (including phenoxy) is 2. The molecule has 21 heavy (non-hydrogen) atoms. The Morgan fingerprint density at radius 3 is 2.81 bits per heavy atom. The van der Waals surface area contributed by atoms with E-state index < -0.39 is 0 Å². The van der Waals surface area contributed by atoms with E-state index in [2.05, 4.69) is 24.3 Å². The van der Waals surface area contributed by atoms with E-state index in [-0.39, 0.29) is 18.1 Å². The predicted molar refractivity (Wildman–Crippen MR) is 80.1 cm³/mol. The van der Waals surface area contributed by atoms with Gasteiger partial charge in [0.1, 0.15) is 6.10 Å². The van der Waals surface area contributed by atoms with Gasteiger partial charge in [-0.3, -0.25) is 4.79 Å². The molecule has 4 nitrogen and oxygen atoms in total. The summed E-state index contributed by atoms with van der Waals surface area (Å²) >= 11 is 0. The fraction of sp³-hybridized carbons (Fsp3) is 0.588. The molecule has 1 amide bonds. The molecule has 2 aliphatic heterocycles. The Morgan fingerprint density at radius 1 is 1.19 bits per heavy atom. The monoisotopic (exact) mass is 289 g/mol.